The third kappa shape index (κ3) is 5.55. The van der Waals surface area contributed by atoms with E-state index >= 15 is 0 Å². The zero-order valence-electron chi connectivity index (χ0n) is 22.2. The molecule has 5 nitrogen and oxygen atoms in total. The Kier molecular flexibility index (Phi) is 8.25. The standard InChI is InChI=1S/C31H35BrFN5/c1-23-9-10-28(33)17-26(23)21-37-12-14-38(15-13-37)31(22-34,18-24-6-3-4-7-29(24)32)27-16-25(19-35-20-27)30-8-5-11-36(30)2/h3-4,6-7,9-10,16-17,19-20,30H,5,8,11-15,18,21H2,1-2H3. The molecule has 0 N–H and O–H groups in total. The molecule has 1 aromatic heterocycles. The van der Waals surface area contributed by atoms with Crippen LogP contribution < -0.4 is 0 Å². The highest BCUT2D eigenvalue weighted by molar-refractivity contribution is 9.10. The lowest BCUT2D eigenvalue weighted by Crippen LogP contribution is -2.55. The first kappa shape index (κ1) is 27.0. The molecule has 0 bridgehead atoms. The Morgan fingerprint density at radius 3 is 2.55 bits per heavy atom. The predicted octanol–water partition coefficient (Wildman–Crippen LogP) is 5.84. The average molecular weight is 577 g/mol. The van der Waals surface area contributed by atoms with Crippen LogP contribution in [0.5, 0.6) is 0 Å². The van der Waals surface area contributed by atoms with Gasteiger partial charge >= 0.3 is 0 Å². The number of benzene rings is 2. The first-order chi connectivity index (χ1) is 18.4. The second-order valence-electron chi connectivity index (χ2n) is 10.7. The first-order valence-corrected chi connectivity index (χ1v) is 14.2. The van der Waals surface area contributed by atoms with E-state index in [2.05, 4.69) is 60.9 Å². The largest absolute Gasteiger partial charge is 0.299 e. The molecule has 2 unspecified atom stereocenters. The molecule has 5 rings (SSSR count). The third-order valence-corrected chi connectivity index (χ3v) is 9.12. The summed E-state index contributed by atoms with van der Waals surface area (Å²) in [5.41, 5.74) is 4.54. The van der Waals surface area contributed by atoms with E-state index < -0.39 is 5.54 Å². The number of pyridine rings is 1. The number of nitrogens with zero attached hydrogens (tertiary/aromatic N) is 5. The van der Waals surface area contributed by atoms with Crippen LogP contribution >= 0.6 is 15.9 Å². The zero-order chi connectivity index (χ0) is 26.7. The monoisotopic (exact) mass is 575 g/mol. The maximum Gasteiger partial charge on any atom is 0.140 e. The van der Waals surface area contributed by atoms with Gasteiger partial charge in [-0.15, -0.1) is 0 Å². The SMILES string of the molecule is Cc1ccc(F)cc1CN1CCN(C(C#N)(Cc2ccccc2Br)c2cncc(C3CCCN3C)c2)CC1. The second kappa shape index (κ2) is 11.6. The lowest BCUT2D eigenvalue weighted by atomic mass is 9.82. The first-order valence-electron chi connectivity index (χ1n) is 13.4. The summed E-state index contributed by atoms with van der Waals surface area (Å²) in [6.45, 7) is 6.96. The van der Waals surface area contributed by atoms with Crippen molar-refractivity contribution in [3.05, 3.63) is 99.0 Å². The van der Waals surface area contributed by atoms with Crippen molar-refractivity contribution in [2.75, 3.05) is 39.8 Å². The molecule has 0 amide bonds. The van der Waals surface area contributed by atoms with Gasteiger partial charge in [-0.1, -0.05) is 40.2 Å². The Morgan fingerprint density at radius 2 is 1.84 bits per heavy atom. The summed E-state index contributed by atoms with van der Waals surface area (Å²) in [5, 5.41) is 10.9. The van der Waals surface area contributed by atoms with E-state index in [0.717, 1.165) is 65.9 Å². The number of hydrogen-bond acceptors (Lipinski definition) is 5. The van der Waals surface area contributed by atoms with Crippen molar-refractivity contribution in [1.82, 2.24) is 19.7 Å². The highest BCUT2D eigenvalue weighted by atomic mass is 79.9. The van der Waals surface area contributed by atoms with Gasteiger partial charge in [0, 0.05) is 67.6 Å². The number of halogens is 2. The number of likely N-dealkylation sites (tertiary alicyclic amines) is 1. The maximum absolute atomic E-state index is 13.9. The van der Waals surface area contributed by atoms with Gasteiger partial charge in [0.05, 0.1) is 6.07 Å². The number of hydrogen-bond donors (Lipinski definition) is 0. The summed E-state index contributed by atoms with van der Waals surface area (Å²) in [5.74, 6) is -0.193. The summed E-state index contributed by atoms with van der Waals surface area (Å²) in [4.78, 5) is 11.7. The molecule has 2 atom stereocenters. The Bertz CT molecular complexity index is 1320. The molecule has 2 aliphatic rings. The van der Waals surface area contributed by atoms with Crippen LogP contribution in [0.25, 0.3) is 0 Å². The Hall–Kier alpha value is -2.63. The highest BCUT2D eigenvalue weighted by Crippen LogP contribution is 2.38. The molecule has 0 aliphatic carbocycles. The molecule has 38 heavy (non-hydrogen) atoms. The molecule has 2 fully saturated rings. The molecular weight excluding hydrogens is 541 g/mol. The quantitative estimate of drug-likeness (QED) is 0.354. The van der Waals surface area contributed by atoms with Gasteiger partial charge in [0.15, 0.2) is 0 Å². The van der Waals surface area contributed by atoms with Crippen LogP contribution in [-0.4, -0.2) is 59.5 Å². The molecule has 2 aromatic carbocycles. The fourth-order valence-corrected chi connectivity index (χ4v) is 6.45. The fourth-order valence-electron chi connectivity index (χ4n) is 6.03. The Balaban J connectivity index is 1.44. The van der Waals surface area contributed by atoms with Crippen LogP contribution in [0.3, 0.4) is 0 Å². The van der Waals surface area contributed by atoms with Gasteiger partial charge in [-0.25, -0.2) is 4.39 Å². The summed E-state index contributed by atoms with van der Waals surface area (Å²) in [6, 6.07) is 18.5. The van der Waals surface area contributed by atoms with Crippen molar-refractivity contribution >= 4 is 15.9 Å². The van der Waals surface area contributed by atoms with Crippen LogP contribution in [0.2, 0.25) is 0 Å². The Labute approximate surface area is 234 Å². The topological polar surface area (TPSA) is 46.4 Å². The van der Waals surface area contributed by atoms with Crippen LogP contribution in [-0.2, 0) is 18.5 Å². The lowest BCUT2D eigenvalue weighted by Gasteiger charge is -2.44. The van der Waals surface area contributed by atoms with Crippen LogP contribution in [0.15, 0.2) is 65.4 Å². The van der Waals surface area contributed by atoms with Gasteiger partial charge in [0.2, 0.25) is 0 Å². The molecule has 7 heteroatoms. The summed E-state index contributed by atoms with van der Waals surface area (Å²) in [6.07, 6.45) is 6.72. The summed E-state index contributed by atoms with van der Waals surface area (Å²) in [7, 11) is 2.17. The van der Waals surface area contributed by atoms with Crippen LogP contribution in [0, 0.1) is 24.1 Å². The molecule has 3 heterocycles. The van der Waals surface area contributed by atoms with Crippen molar-refractivity contribution in [3.8, 4) is 6.07 Å². The van der Waals surface area contributed by atoms with Crippen molar-refractivity contribution in [2.24, 2.45) is 0 Å². The molecule has 2 aliphatic heterocycles. The Morgan fingerprint density at radius 1 is 1.05 bits per heavy atom. The number of rotatable bonds is 7. The van der Waals surface area contributed by atoms with Gasteiger partial charge in [-0.2, -0.15) is 5.26 Å². The van der Waals surface area contributed by atoms with Crippen molar-refractivity contribution in [3.63, 3.8) is 0 Å². The molecule has 3 aromatic rings. The maximum atomic E-state index is 13.9. The van der Waals surface area contributed by atoms with E-state index in [0.29, 0.717) is 19.0 Å². The van der Waals surface area contributed by atoms with E-state index in [4.69, 9.17) is 0 Å². The molecule has 0 spiro atoms. The fraction of sp³-hybridized carbons (Fsp3) is 0.419. The molecular formula is C31H35BrFN5. The van der Waals surface area contributed by atoms with E-state index in [1.807, 2.05) is 43.6 Å². The number of piperazine rings is 1. The predicted molar refractivity (Wildman–Crippen MR) is 152 cm³/mol. The van der Waals surface area contributed by atoms with Crippen molar-refractivity contribution in [2.45, 2.75) is 44.3 Å². The normalized spacial score (nSPS) is 20.8. The van der Waals surface area contributed by atoms with E-state index in [1.165, 1.54) is 18.1 Å². The minimum absolute atomic E-state index is 0.193. The van der Waals surface area contributed by atoms with Crippen molar-refractivity contribution < 1.29 is 4.39 Å². The summed E-state index contributed by atoms with van der Waals surface area (Å²) < 4.78 is 14.9. The van der Waals surface area contributed by atoms with E-state index in [1.54, 1.807) is 6.07 Å². The molecule has 0 saturated carbocycles. The number of aromatic nitrogens is 1. The van der Waals surface area contributed by atoms with E-state index in [9.17, 15) is 9.65 Å². The van der Waals surface area contributed by atoms with Gasteiger partial charge < -0.3 is 0 Å². The summed E-state index contributed by atoms with van der Waals surface area (Å²) >= 11 is 3.72. The second-order valence-corrected chi connectivity index (χ2v) is 11.6. The van der Waals surface area contributed by atoms with Crippen LogP contribution in [0.4, 0.5) is 4.39 Å². The molecule has 0 radical (unpaired) electrons. The smallest absolute Gasteiger partial charge is 0.140 e. The van der Waals surface area contributed by atoms with Gasteiger partial charge in [-0.05, 0) is 79.9 Å². The van der Waals surface area contributed by atoms with Gasteiger partial charge in [-0.3, -0.25) is 19.7 Å². The van der Waals surface area contributed by atoms with Gasteiger partial charge in [0.25, 0.3) is 0 Å². The van der Waals surface area contributed by atoms with Gasteiger partial charge in [0.1, 0.15) is 11.4 Å². The molecule has 2 saturated heterocycles. The lowest BCUT2D eigenvalue weighted by molar-refractivity contribution is 0.0569. The zero-order valence-corrected chi connectivity index (χ0v) is 23.8. The highest BCUT2D eigenvalue weighted by Gasteiger charge is 2.42. The van der Waals surface area contributed by atoms with Crippen LogP contribution in [0.1, 0.15) is 46.7 Å². The number of aryl methyl sites for hydroxylation is 1. The van der Waals surface area contributed by atoms with Crippen molar-refractivity contribution in [1.29, 1.82) is 5.26 Å². The minimum Gasteiger partial charge on any atom is -0.299 e. The third-order valence-electron chi connectivity index (χ3n) is 8.35. The minimum atomic E-state index is -0.842. The average Bonchev–Trinajstić information content (AvgIpc) is 3.37. The molecule has 198 valence electrons. The number of nitriles is 1. The van der Waals surface area contributed by atoms with E-state index in [-0.39, 0.29) is 5.82 Å².